The highest BCUT2D eigenvalue weighted by molar-refractivity contribution is 6.31. The summed E-state index contributed by atoms with van der Waals surface area (Å²) >= 11 is 6.29. The maximum absolute atomic E-state index is 13.4. The number of ketones is 1. The number of nitrogens with one attached hydrogen (secondary N) is 2. The third-order valence-corrected chi connectivity index (χ3v) is 6.65. The number of carbonyl (C=O) groups is 2. The van der Waals surface area contributed by atoms with Crippen LogP contribution in [0.1, 0.15) is 47.2 Å². The van der Waals surface area contributed by atoms with Crippen molar-refractivity contribution in [3.8, 4) is 0 Å². The molecule has 13 heteroatoms. The number of anilines is 2. The van der Waals surface area contributed by atoms with E-state index in [9.17, 15) is 27.2 Å². The van der Waals surface area contributed by atoms with Crippen LogP contribution in [0.25, 0.3) is 0 Å². The summed E-state index contributed by atoms with van der Waals surface area (Å²) in [4.78, 5) is 38.5. The van der Waals surface area contributed by atoms with Crippen LogP contribution in [0.4, 0.5) is 28.9 Å². The van der Waals surface area contributed by atoms with E-state index in [1.54, 1.807) is 0 Å². The smallest absolute Gasteiger partial charge is 0.380 e. The fourth-order valence-electron chi connectivity index (χ4n) is 4.13. The maximum Gasteiger partial charge on any atom is 0.418 e. The molecule has 206 valence electrons. The lowest BCUT2D eigenvalue weighted by atomic mass is 9.80. The second-order valence-electron chi connectivity index (χ2n) is 9.07. The number of carbonyl (C=O) groups excluding carboxylic acids is 2. The zero-order valence-corrected chi connectivity index (χ0v) is 21.5. The van der Waals surface area contributed by atoms with E-state index in [4.69, 9.17) is 16.3 Å². The summed E-state index contributed by atoms with van der Waals surface area (Å²) in [6, 6.07) is 3.60. The van der Waals surface area contributed by atoms with Crippen molar-refractivity contribution in [3.63, 3.8) is 0 Å². The van der Waals surface area contributed by atoms with Gasteiger partial charge in [-0.15, -0.1) is 0 Å². The highest BCUT2D eigenvalue weighted by atomic mass is 35.5. The van der Waals surface area contributed by atoms with Crippen LogP contribution < -0.4 is 10.6 Å². The van der Waals surface area contributed by atoms with Crippen LogP contribution in [0, 0.1) is 11.2 Å². The second-order valence-corrected chi connectivity index (χ2v) is 9.48. The molecule has 1 atom stereocenters. The number of halogens is 5. The molecule has 0 spiro atoms. The number of benzene rings is 1. The van der Waals surface area contributed by atoms with Crippen LogP contribution in [0.3, 0.4) is 0 Å². The minimum absolute atomic E-state index is 0.0572. The molecule has 1 aliphatic rings. The standard InChI is InChI=1S/C26H24ClF4N5O3/c1-2-23-33-10-15(11-34-23)22(37)9-25(5-6-39-14-25)24(38)35-13-21-19(27)8-17(12-32-21)36-20-4-3-16(28)7-18(20)26(29,30)31/h3-4,7-8,10-12,36H,2,5-6,9,13-14H2,1H3,(H,35,38)/t25-/m0/s1. The molecule has 1 amide bonds. The number of hydrogen-bond donors (Lipinski definition) is 2. The van der Waals surface area contributed by atoms with E-state index in [1.165, 1.54) is 24.7 Å². The number of nitrogens with zero attached hydrogens (tertiary/aromatic N) is 3. The Morgan fingerprint density at radius 1 is 1.13 bits per heavy atom. The topological polar surface area (TPSA) is 106 Å². The summed E-state index contributed by atoms with van der Waals surface area (Å²) < 4.78 is 58.7. The molecule has 39 heavy (non-hydrogen) atoms. The van der Waals surface area contributed by atoms with Gasteiger partial charge in [0.2, 0.25) is 5.91 Å². The molecule has 0 unspecified atom stereocenters. The monoisotopic (exact) mass is 565 g/mol. The molecule has 1 aliphatic heterocycles. The van der Waals surface area contributed by atoms with Crippen molar-refractivity contribution < 1.29 is 31.9 Å². The molecule has 1 aromatic carbocycles. The third-order valence-electron chi connectivity index (χ3n) is 6.33. The van der Waals surface area contributed by atoms with Crippen molar-refractivity contribution in [1.82, 2.24) is 20.3 Å². The van der Waals surface area contributed by atoms with Gasteiger partial charge in [-0.3, -0.25) is 14.6 Å². The van der Waals surface area contributed by atoms with E-state index < -0.39 is 28.9 Å². The van der Waals surface area contributed by atoms with Crippen LogP contribution in [0.15, 0.2) is 42.9 Å². The first kappa shape index (κ1) is 28.4. The van der Waals surface area contributed by atoms with Crippen molar-refractivity contribution in [2.24, 2.45) is 5.41 Å². The molecule has 0 radical (unpaired) electrons. The Bertz CT molecular complexity index is 1360. The van der Waals surface area contributed by atoms with Crippen LogP contribution in [-0.2, 0) is 28.7 Å². The molecular formula is C26H24ClF4N5O3. The van der Waals surface area contributed by atoms with Gasteiger partial charge in [0, 0.05) is 31.8 Å². The fraction of sp³-hybridized carbons (Fsp3) is 0.346. The van der Waals surface area contributed by atoms with Crippen molar-refractivity contribution >= 4 is 34.7 Å². The lowest BCUT2D eigenvalue weighted by Crippen LogP contribution is -2.43. The number of aryl methyl sites for hydroxylation is 1. The van der Waals surface area contributed by atoms with E-state index in [-0.39, 0.29) is 47.4 Å². The minimum atomic E-state index is -4.78. The summed E-state index contributed by atoms with van der Waals surface area (Å²) in [5.74, 6) is -1.12. The van der Waals surface area contributed by atoms with Crippen molar-refractivity contribution in [3.05, 3.63) is 76.3 Å². The van der Waals surface area contributed by atoms with Gasteiger partial charge in [0.1, 0.15) is 11.6 Å². The Hall–Kier alpha value is -3.64. The maximum atomic E-state index is 13.4. The van der Waals surface area contributed by atoms with E-state index in [1.807, 2.05) is 6.92 Å². The van der Waals surface area contributed by atoms with Crippen molar-refractivity contribution in [1.29, 1.82) is 0 Å². The summed E-state index contributed by atoms with van der Waals surface area (Å²) in [6.07, 6.45) is 0.215. The van der Waals surface area contributed by atoms with Crippen molar-refractivity contribution in [2.45, 2.75) is 38.9 Å². The van der Waals surface area contributed by atoms with Gasteiger partial charge < -0.3 is 15.4 Å². The first-order chi connectivity index (χ1) is 18.5. The normalized spacial score (nSPS) is 17.2. The fourth-order valence-corrected chi connectivity index (χ4v) is 4.36. The van der Waals surface area contributed by atoms with Gasteiger partial charge in [0.25, 0.3) is 0 Å². The summed E-state index contributed by atoms with van der Waals surface area (Å²) in [5, 5.41) is 5.37. The van der Waals surface area contributed by atoms with Gasteiger partial charge in [-0.2, -0.15) is 13.2 Å². The van der Waals surface area contributed by atoms with Crippen LogP contribution in [0.5, 0.6) is 0 Å². The molecule has 3 heterocycles. The average molecular weight is 566 g/mol. The van der Waals surface area contributed by atoms with Gasteiger partial charge >= 0.3 is 6.18 Å². The van der Waals surface area contributed by atoms with E-state index in [2.05, 4.69) is 25.6 Å². The molecule has 1 saturated heterocycles. The number of hydrogen-bond acceptors (Lipinski definition) is 7. The van der Waals surface area contributed by atoms with Crippen LogP contribution in [0.2, 0.25) is 5.02 Å². The van der Waals surface area contributed by atoms with Gasteiger partial charge in [-0.1, -0.05) is 18.5 Å². The number of pyridine rings is 1. The average Bonchev–Trinajstić information content (AvgIpc) is 3.38. The van der Waals surface area contributed by atoms with E-state index in [0.29, 0.717) is 36.9 Å². The summed E-state index contributed by atoms with van der Waals surface area (Å²) in [5.41, 5.74) is -1.95. The Balaban J connectivity index is 1.43. The predicted octanol–water partition coefficient (Wildman–Crippen LogP) is 5.28. The SMILES string of the molecule is CCc1ncc(C(=O)C[C@@]2(C(=O)NCc3ncc(Nc4ccc(F)cc4C(F)(F)F)cc3Cl)CCOC2)cn1. The molecule has 3 aromatic rings. The second kappa shape index (κ2) is 11.6. The molecule has 2 N–H and O–H groups in total. The molecule has 0 saturated carbocycles. The minimum Gasteiger partial charge on any atom is -0.380 e. The molecule has 8 nitrogen and oxygen atoms in total. The number of Topliss-reactive ketones (excluding diaryl/α,β-unsaturated/α-hetero) is 1. The van der Waals surface area contributed by atoms with Gasteiger partial charge in [0.05, 0.1) is 58.0 Å². The molecular weight excluding hydrogens is 542 g/mol. The Morgan fingerprint density at radius 3 is 2.49 bits per heavy atom. The lowest BCUT2D eigenvalue weighted by Gasteiger charge is -2.25. The number of ether oxygens (including phenoxy) is 1. The molecule has 0 bridgehead atoms. The van der Waals surface area contributed by atoms with Crippen molar-refractivity contribution in [2.75, 3.05) is 18.5 Å². The Labute approximate surface area is 226 Å². The quantitative estimate of drug-likeness (QED) is 0.268. The highest BCUT2D eigenvalue weighted by Gasteiger charge is 2.44. The molecule has 1 fully saturated rings. The van der Waals surface area contributed by atoms with Crippen LogP contribution in [-0.4, -0.2) is 39.9 Å². The Kier molecular flexibility index (Phi) is 8.45. The largest absolute Gasteiger partial charge is 0.418 e. The number of amides is 1. The number of rotatable bonds is 9. The zero-order chi connectivity index (χ0) is 28.2. The first-order valence-electron chi connectivity index (χ1n) is 12.0. The lowest BCUT2D eigenvalue weighted by molar-refractivity contribution is -0.137. The first-order valence-corrected chi connectivity index (χ1v) is 12.4. The van der Waals surface area contributed by atoms with E-state index >= 15 is 0 Å². The number of alkyl halides is 3. The zero-order valence-electron chi connectivity index (χ0n) is 20.7. The van der Waals surface area contributed by atoms with E-state index in [0.717, 1.165) is 12.1 Å². The summed E-state index contributed by atoms with van der Waals surface area (Å²) in [7, 11) is 0. The van der Waals surface area contributed by atoms with Gasteiger partial charge in [0.15, 0.2) is 5.78 Å². The van der Waals surface area contributed by atoms with Crippen LogP contribution >= 0.6 is 11.6 Å². The highest BCUT2D eigenvalue weighted by Crippen LogP contribution is 2.37. The summed E-state index contributed by atoms with van der Waals surface area (Å²) in [6.45, 7) is 2.18. The molecule has 0 aliphatic carbocycles. The molecule has 4 rings (SSSR count). The van der Waals surface area contributed by atoms with Gasteiger partial charge in [-0.25, -0.2) is 14.4 Å². The Morgan fingerprint density at radius 2 is 1.87 bits per heavy atom. The third kappa shape index (κ3) is 6.69. The number of aromatic nitrogens is 3. The van der Waals surface area contributed by atoms with Gasteiger partial charge in [-0.05, 0) is 30.7 Å². The molecule has 2 aromatic heterocycles. The predicted molar refractivity (Wildman–Crippen MR) is 134 cm³/mol.